The Kier molecular flexibility index (Phi) is 4.45. The molecule has 5 heteroatoms. The maximum absolute atomic E-state index is 12.4. The van der Waals surface area contributed by atoms with E-state index in [0.717, 1.165) is 24.2 Å². The Hall–Kier alpha value is -1.85. The number of nitrogens with one attached hydrogen (secondary N) is 1. The van der Waals surface area contributed by atoms with Crippen LogP contribution in [0.4, 0.5) is 0 Å². The van der Waals surface area contributed by atoms with Crippen molar-refractivity contribution in [2.24, 2.45) is 0 Å². The van der Waals surface area contributed by atoms with Crippen LogP contribution in [0.3, 0.4) is 0 Å². The number of hydrogen-bond acceptors (Lipinski definition) is 4. The first-order valence-electron chi connectivity index (χ1n) is 7.35. The van der Waals surface area contributed by atoms with Gasteiger partial charge in [-0.15, -0.1) is 0 Å². The molecule has 1 saturated carbocycles. The first kappa shape index (κ1) is 15.1. The fourth-order valence-electron chi connectivity index (χ4n) is 2.35. The molecule has 0 spiro atoms. The van der Waals surface area contributed by atoms with Crippen molar-refractivity contribution >= 4 is 17.7 Å². The summed E-state index contributed by atoms with van der Waals surface area (Å²) in [5.74, 6) is -0.188. The summed E-state index contributed by atoms with van der Waals surface area (Å²) in [7, 11) is 0. The Morgan fingerprint density at radius 3 is 2.68 bits per heavy atom. The van der Waals surface area contributed by atoms with E-state index in [-0.39, 0.29) is 5.91 Å². The van der Waals surface area contributed by atoms with Crippen LogP contribution in [-0.4, -0.2) is 28.1 Å². The molecule has 0 unspecified atom stereocenters. The Morgan fingerprint density at radius 2 is 2.00 bits per heavy atom. The molecule has 0 bridgehead atoms. The Balaban J connectivity index is 1.71. The SMILES string of the molecule is O=C(NCC1(O)CCC1)c1cccnc1Sc1ccccc1. The summed E-state index contributed by atoms with van der Waals surface area (Å²) in [6, 6.07) is 13.3. The van der Waals surface area contributed by atoms with E-state index in [1.807, 2.05) is 30.3 Å². The summed E-state index contributed by atoms with van der Waals surface area (Å²) in [6.07, 6.45) is 4.22. The number of aliphatic hydroxyl groups is 1. The zero-order valence-electron chi connectivity index (χ0n) is 12.2. The van der Waals surface area contributed by atoms with Gasteiger partial charge in [0.25, 0.3) is 5.91 Å². The highest BCUT2D eigenvalue weighted by Gasteiger charge is 2.34. The van der Waals surface area contributed by atoms with E-state index in [1.54, 1.807) is 18.3 Å². The van der Waals surface area contributed by atoms with Crippen LogP contribution in [0.1, 0.15) is 29.6 Å². The van der Waals surface area contributed by atoms with Crippen LogP contribution < -0.4 is 5.32 Å². The van der Waals surface area contributed by atoms with Crippen molar-refractivity contribution in [3.05, 3.63) is 54.2 Å². The van der Waals surface area contributed by atoms with Gasteiger partial charge in [-0.25, -0.2) is 4.98 Å². The molecular formula is C17H18N2O2S. The van der Waals surface area contributed by atoms with Crippen LogP contribution in [0.5, 0.6) is 0 Å². The highest BCUT2D eigenvalue weighted by atomic mass is 32.2. The van der Waals surface area contributed by atoms with Gasteiger partial charge in [0, 0.05) is 17.6 Å². The second-order valence-corrected chi connectivity index (χ2v) is 6.59. The minimum atomic E-state index is -0.718. The molecule has 22 heavy (non-hydrogen) atoms. The molecule has 1 aromatic carbocycles. The number of carbonyl (C=O) groups is 1. The average Bonchev–Trinajstić information content (AvgIpc) is 2.52. The van der Waals surface area contributed by atoms with Crippen molar-refractivity contribution in [1.82, 2.24) is 10.3 Å². The van der Waals surface area contributed by atoms with Gasteiger partial charge in [-0.3, -0.25) is 4.79 Å². The van der Waals surface area contributed by atoms with Gasteiger partial charge in [-0.1, -0.05) is 30.0 Å². The van der Waals surface area contributed by atoms with Crippen LogP contribution in [-0.2, 0) is 0 Å². The molecule has 3 rings (SSSR count). The molecule has 1 aliphatic rings. The van der Waals surface area contributed by atoms with Gasteiger partial charge >= 0.3 is 0 Å². The van der Waals surface area contributed by atoms with E-state index in [9.17, 15) is 9.90 Å². The summed E-state index contributed by atoms with van der Waals surface area (Å²) in [5.41, 5.74) is -0.177. The second-order valence-electron chi connectivity index (χ2n) is 5.53. The highest BCUT2D eigenvalue weighted by molar-refractivity contribution is 7.99. The first-order valence-corrected chi connectivity index (χ1v) is 8.16. The Labute approximate surface area is 134 Å². The molecule has 1 aliphatic carbocycles. The summed E-state index contributed by atoms with van der Waals surface area (Å²) in [4.78, 5) is 17.7. The molecule has 1 aromatic heterocycles. The Morgan fingerprint density at radius 1 is 1.23 bits per heavy atom. The number of amides is 1. The molecule has 1 heterocycles. The minimum Gasteiger partial charge on any atom is -0.388 e. The van der Waals surface area contributed by atoms with Gasteiger partial charge in [-0.05, 0) is 43.5 Å². The summed E-state index contributed by atoms with van der Waals surface area (Å²) >= 11 is 1.46. The zero-order valence-corrected chi connectivity index (χ0v) is 13.0. The molecule has 0 radical (unpaired) electrons. The van der Waals surface area contributed by atoms with E-state index in [0.29, 0.717) is 17.1 Å². The molecule has 4 nitrogen and oxygen atoms in total. The quantitative estimate of drug-likeness (QED) is 0.891. The van der Waals surface area contributed by atoms with Crippen LogP contribution in [0.2, 0.25) is 0 Å². The lowest BCUT2D eigenvalue weighted by Gasteiger charge is -2.36. The second kappa shape index (κ2) is 6.50. The molecule has 0 saturated heterocycles. The summed E-state index contributed by atoms with van der Waals surface area (Å²) in [6.45, 7) is 0.302. The van der Waals surface area contributed by atoms with Gasteiger partial charge in [0.15, 0.2) is 0 Å². The molecule has 114 valence electrons. The third-order valence-electron chi connectivity index (χ3n) is 3.84. The first-order chi connectivity index (χ1) is 10.7. The molecule has 0 aliphatic heterocycles. The van der Waals surface area contributed by atoms with Crippen LogP contribution >= 0.6 is 11.8 Å². The van der Waals surface area contributed by atoms with Crippen LogP contribution in [0.15, 0.2) is 58.6 Å². The average molecular weight is 314 g/mol. The fraction of sp³-hybridized carbons (Fsp3) is 0.294. The fourth-order valence-corrected chi connectivity index (χ4v) is 3.25. The van der Waals surface area contributed by atoms with Crippen molar-refractivity contribution < 1.29 is 9.90 Å². The normalized spacial score (nSPS) is 15.9. The third-order valence-corrected chi connectivity index (χ3v) is 4.86. The topological polar surface area (TPSA) is 62.2 Å². The highest BCUT2D eigenvalue weighted by Crippen LogP contribution is 2.31. The van der Waals surface area contributed by atoms with Crippen molar-refractivity contribution in [2.75, 3.05) is 6.54 Å². The van der Waals surface area contributed by atoms with Gasteiger partial charge in [0.2, 0.25) is 0 Å². The lowest BCUT2D eigenvalue weighted by atomic mass is 9.80. The molecule has 0 atom stereocenters. The molecule has 2 aromatic rings. The Bertz CT molecular complexity index is 657. The van der Waals surface area contributed by atoms with Crippen molar-refractivity contribution in [3.8, 4) is 0 Å². The molecule has 1 amide bonds. The predicted octanol–water partition coefficient (Wildman–Crippen LogP) is 2.88. The number of nitrogens with zero attached hydrogens (tertiary/aromatic N) is 1. The number of benzene rings is 1. The van der Waals surface area contributed by atoms with Gasteiger partial charge in [0.05, 0.1) is 11.2 Å². The largest absolute Gasteiger partial charge is 0.388 e. The maximum atomic E-state index is 12.4. The van der Waals surface area contributed by atoms with Crippen molar-refractivity contribution in [3.63, 3.8) is 0 Å². The number of aromatic nitrogens is 1. The van der Waals surface area contributed by atoms with Crippen LogP contribution in [0, 0.1) is 0 Å². The van der Waals surface area contributed by atoms with E-state index in [4.69, 9.17) is 0 Å². The minimum absolute atomic E-state index is 0.188. The van der Waals surface area contributed by atoms with Gasteiger partial charge in [-0.2, -0.15) is 0 Å². The molecular weight excluding hydrogens is 296 g/mol. The van der Waals surface area contributed by atoms with E-state index in [1.165, 1.54) is 11.8 Å². The predicted molar refractivity (Wildman–Crippen MR) is 85.9 cm³/mol. The van der Waals surface area contributed by atoms with Gasteiger partial charge < -0.3 is 10.4 Å². The van der Waals surface area contributed by atoms with Crippen molar-refractivity contribution in [1.29, 1.82) is 0 Å². The van der Waals surface area contributed by atoms with E-state index in [2.05, 4.69) is 10.3 Å². The standard InChI is InChI=1S/C17H18N2O2S/c20-15(19-12-17(21)9-5-10-17)14-8-4-11-18-16(14)22-13-6-2-1-3-7-13/h1-4,6-8,11,21H,5,9-10,12H2,(H,19,20). The van der Waals surface area contributed by atoms with Gasteiger partial charge in [0.1, 0.15) is 5.03 Å². The van der Waals surface area contributed by atoms with E-state index < -0.39 is 5.60 Å². The molecule has 1 fully saturated rings. The van der Waals surface area contributed by atoms with Crippen LogP contribution in [0.25, 0.3) is 0 Å². The lowest BCUT2D eigenvalue weighted by Crippen LogP contribution is -2.47. The monoisotopic (exact) mass is 314 g/mol. The zero-order chi connectivity index (χ0) is 15.4. The lowest BCUT2D eigenvalue weighted by molar-refractivity contribution is -0.0300. The maximum Gasteiger partial charge on any atom is 0.254 e. The van der Waals surface area contributed by atoms with Crippen molar-refractivity contribution in [2.45, 2.75) is 34.8 Å². The summed E-state index contributed by atoms with van der Waals surface area (Å²) < 4.78 is 0. The smallest absolute Gasteiger partial charge is 0.254 e. The number of carbonyl (C=O) groups excluding carboxylic acids is 1. The molecule has 2 N–H and O–H groups in total. The number of hydrogen-bond donors (Lipinski definition) is 2. The van der Waals surface area contributed by atoms with E-state index >= 15 is 0 Å². The number of pyridine rings is 1. The third kappa shape index (κ3) is 3.48. The summed E-state index contributed by atoms with van der Waals surface area (Å²) in [5, 5.41) is 13.6. The number of rotatable bonds is 5.